The first-order valence-electron chi connectivity index (χ1n) is 7.90. The Kier molecular flexibility index (Phi) is 4.42. The molecule has 1 saturated carbocycles. The van der Waals surface area contributed by atoms with Gasteiger partial charge in [0.2, 0.25) is 0 Å². The van der Waals surface area contributed by atoms with Crippen molar-refractivity contribution in [2.45, 2.75) is 31.1 Å². The van der Waals surface area contributed by atoms with Crippen molar-refractivity contribution < 1.29 is 13.6 Å². The van der Waals surface area contributed by atoms with Crippen molar-refractivity contribution in [1.82, 2.24) is 5.32 Å². The minimum absolute atomic E-state index is 0.110. The SMILES string of the molecule is O=C(NCC1(c2ccccc2)CCCC1)c1cccc(F)c1F. The number of carbonyl (C=O) groups is 1. The lowest BCUT2D eigenvalue weighted by Gasteiger charge is -2.30. The molecule has 0 aromatic heterocycles. The summed E-state index contributed by atoms with van der Waals surface area (Å²) in [7, 11) is 0. The minimum atomic E-state index is -1.09. The zero-order valence-electron chi connectivity index (χ0n) is 12.8. The smallest absolute Gasteiger partial charge is 0.254 e. The number of benzene rings is 2. The summed E-state index contributed by atoms with van der Waals surface area (Å²) in [5.41, 5.74) is 0.837. The van der Waals surface area contributed by atoms with Crippen LogP contribution in [-0.2, 0) is 5.41 Å². The van der Waals surface area contributed by atoms with Gasteiger partial charge in [0.1, 0.15) is 0 Å². The van der Waals surface area contributed by atoms with Gasteiger partial charge in [0.15, 0.2) is 11.6 Å². The highest BCUT2D eigenvalue weighted by atomic mass is 19.2. The highest BCUT2D eigenvalue weighted by molar-refractivity contribution is 5.94. The minimum Gasteiger partial charge on any atom is -0.351 e. The standard InChI is InChI=1S/C19H19F2NO/c20-16-10-6-9-15(17(16)21)18(23)22-13-19(11-4-5-12-19)14-7-2-1-3-8-14/h1-3,6-10H,4-5,11-13H2,(H,22,23). The fourth-order valence-corrected chi connectivity index (χ4v) is 3.43. The zero-order chi connectivity index (χ0) is 16.3. The molecule has 0 saturated heterocycles. The fourth-order valence-electron chi connectivity index (χ4n) is 3.43. The van der Waals surface area contributed by atoms with Gasteiger partial charge in [-0.2, -0.15) is 0 Å². The predicted molar refractivity (Wildman–Crippen MR) is 85.3 cm³/mol. The maximum atomic E-state index is 13.7. The molecule has 1 aliphatic carbocycles. The molecule has 0 aliphatic heterocycles. The molecule has 4 heteroatoms. The molecule has 3 rings (SSSR count). The van der Waals surface area contributed by atoms with Crippen LogP contribution in [0.25, 0.3) is 0 Å². The first-order valence-corrected chi connectivity index (χ1v) is 7.90. The molecule has 0 atom stereocenters. The molecule has 120 valence electrons. The second-order valence-corrected chi connectivity index (χ2v) is 6.14. The van der Waals surface area contributed by atoms with E-state index in [1.54, 1.807) is 0 Å². The van der Waals surface area contributed by atoms with Crippen molar-refractivity contribution in [2.24, 2.45) is 0 Å². The molecule has 0 bridgehead atoms. The van der Waals surface area contributed by atoms with E-state index in [0.29, 0.717) is 6.54 Å². The number of hydrogen-bond donors (Lipinski definition) is 1. The van der Waals surface area contributed by atoms with Crippen LogP contribution >= 0.6 is 0 Å². The second kappa shape index (κ2) is 6.49. The van der Waals surface area contributed by atoms with Crippen LogP contribution in [0.15, 0.2) is 48.5 Å². The number of nitrogens with one attached hydrogen (secondary N) is 1. The summed E-state index contributed by atoms with van der Waals surface area (Å²) in [4.78, 5) is 12.2. The van der Waals surface area contributed by atoms with Gasteiger partial charge in [-0.3, -0.25) is 4.79 Å². The average molecular weight is 315 g/mol. The highest BCUT2D eigenvalue weighted by Crippen LogP contribution is 2.40. The zero-order valence-corrected chi connectivity index (χ0v) is 12.8. The van der Waals surface area contributed by atoms with Crippen LogP contribution in [0, 0.1) is 11.6 Å². The van der Waals surface area contributed by atoms with Crippen molar-refractivity contribution in [1.29, 1.82) is 0 Å². The Morgan fingerprint density at radius 3 is 2.39 bits per heavy atom. The van der Waals surface area contributed by atoms with Crippen molar-refractivity contribution in [3.63, 3.8) is 0 Å². The van der Waals surface area contributed by atoms with Crippen LogP contribution in [0.3, 0.4) is 0 Å². The van der Waals surface area contributed by atoms with Gasteiger partial charge in [0.05, 0.1) is 5.56 Å². The summed E-state index contributed by atoms with van der Waals surface area (Å²) in [6.45, 7) is 0.436. The fraction of sp³-hybridized carbons (Fsp3) is 0.316. The van der Waals surface area contributed by atoms with Crippen LogP contribution in [0.2, 0.25) is 0 Å². The lowest BCUT2D eigenvalue weighted by molar-refractivity contribution is 0.0938. The molecule has 1 fully saturated rings. The summed E-state index contributed by atoms with van der Waals surface area (Å²) in [5, 5.41) is 2.80. The third kappa shape index (κ3) is 3.11. The van der Waals surface area contributed by atoms with E-state index in [1.165, 1.54) is 17.7 Å². The van der Waals surface area contributed by atoms with Gasteiger partial charge >= 0.3 is 0 Å². The lowest BCUT2D eigenvalue weighted by atomic mass is 9.79. The average Bonchev–Trinajstić information content (AvgIpc) is 3.06. The van der Waals surface area contributed by atoms with Crippen molar-refractivity contribution in [2.75, 3.05) is 6.54 Å². The number of hydrogen-bond acceptors (Lipinski definition) is 1. The van der Waals surface area contributed by atoms with Crippen LogP contribution < -0.4 is 5.32 Å². The summed E-state index contributed by atoms with van der Waals surface area (Å²) in [5.74, 6) is -2.66. The third-order valence-electron chi connectivity index (χ3n) is 4.73. The molecule has 0 heterocycles. The molecule has 2 aromatic rings. The van der Waals surface area contributed by atoms with Crippen molar-refractivity contribution >= 4 is 5.91 Å². The first-order chi connectivity index (χ1) is 11.1. The first kappa shape index (κ1) is 15.7. The number of amides is 1. The van der Waals surface area contributed by atoms with Gasteiger partial charge in [-0.05, 0) is 30.5 Å². The maximum absolute atomic E-state index is 13.7. The van der Waals surface area contributed by atoms with Crippen LogP contribution in [0.5, 0.6) is 0 Å². The van der Waals surface area contributed by atoms with Gasteiger partial charge < -0.3 is 5.32 Å². The molecule has 1 N–H and O–H groups in total. The summed E-state index contributed by atoms with van der Waals surface area (Å²) in [6.07, 6.45) is 4.20. The van der Waals surface area contributed by atoms with Gasteiger partial charge in [-0.1, -0.05) is 49.2 Å². The van der Waals surface area contributed by atoms with Crippen molar-refractivity contribution in [3.8, 4) is 0 Å². The molecule has 0 unspecified atom stereocenters. The number of rotatable bonds is 4. The monoisotopic (exact) mass is 315 g/mol. The van der Waals surface area contributed by atoms with E-state index in [1.807, 2.05) is 18.2 Å². The predicted octanol–water partition coefficient (Wildman–Crippen LogP) is 4.21. The van der Waals surface area contributed by atoms with Gasteiger partial charge in [-0.15, -0.1) is 0 Å². The molecular formula is C19H19F2NO. The molecule has 0 spiro atoms. The quantitative estimate of drug-likeness (QED) is 0.900. The molecule has 1 amide bonds. The van der Waals surface area contributed by atoms with E-state index in [2.05, 4.69) is 17.4 Å². The van der Waals surface area contributed by atoms with Gasteiger partial charge in [0, 0.05) is 12.0 Å². The molecule has 1 aliphatic rings. The Balaban J connectivity index is 1.78. The summed E-state index contributed by atoms with van der Waals surface area (Å²) < 4.78 is 27.0. The number of carbonyl (C=O) groups excluding carboxylic acids is 1. The van der Waals surface area contributed by atoms with Crippen molar-refractivity contribution in [3.05, 3.63) is 71.3 Å². The van der Waals surface area contributed by atoms with E-state index in [4.69, 9.17) is 0 Å². The van der Waals surface area contributed by atoms with Crippen LogP contribution in [0.4, 0.5) is 8.78 Å². The van der Waals surface area contributed by atoms with E-state index >= 15 is 0 Å². The van der Waals surface area contributed by atoms with E-state index in [-0.39, 0.29) is 11.0 Å². The summed E-state index contributed by atoms with van der Waals surface area (Å²) >= 11 is 0. The molecule has 2 aromatic carbocycles. The Morgan fingerprint density at radius 2 is 1.70 bits per heavy atom. The Bertz CT molecular complexity index is 694. The highest BCUT2D eigenvalue weighted by Gasteiger charge is 2.36. The summed E-state index contributed by atoms with van der Waals surface area (Å²) in [6, 6.07) is 13.7. The Hall–Kier alpha value is -2.23. The third-order valence-corrected chi connectivity index (χ3v) is 4.73. The number of halogens is 2. The molecule has 2 nitrogen and oxygen atoms in total. The maximum Gasteiger partial charge on any atom is 0.254 e. The molecule has 23 heavy (non-hydrogen) atoms. The topological polar surface area (TPSA) is 29.1 Å². The Morgan fingerprint density at radius 1 is 1.00 bits per heavy atom. The Labute approximate surface area is 134 Å². The van der Waals surface area contributed by atoms with Gasteiger partial charge in [-0.25, -0.2) is 8.78 Å². The largest absolute Gasteiger partial charge is 0.351 e. The normalized spacial score (nSPS) is 16.3. The lowest BCUT2D eigenvalue weighted by Crippen LogP contribution is -2.39. The van der Waals surface area contributed by atoms with Crippen LogP contribution in [-0.4, -0.2) is 12.5 Å². The van der Waals surface area contributed by atoms with E-state index in [0.717, 1.165) is 31.7 Å². The van der Waals surface area contributed by atoms with E-state index in [9.17, 15) is 13.6 Å². The molecular weight excluding hydrogens is 296 g/mol. The second-order valence-electron chi connectivity index (χ2n) is 6.14. The molecule has 0 radical (unpaired) electrons. The van der Waals surface area contributed by atoms with Crippen LogP contribution in [0.1, 0.15) is 41.6 Å². The van der Waals surface area contributed by atoms with Gasteiger partial charge in [0.25, 0.3) is 5.91 Å². The van der Waals surface area contributed by atoms with E-state index < -0.39 is 17.5 Å².